The van der Waals surface area contributed by atoms with Crippen molar-refractivity contribution in [3.8, 4) is 0 Å². The van der Waals surface area contributed by atoms with E-state index >= 15 is 0 Å². The maximum atomic E-state index is 12.0. The fourth-order valence-electron chi connectivity index (χ4n) is 2.34. The minimum absolute atomic E-state index is 0.128. The monoisotopic (exact) mass is 212 g/mol. The van der Waals surface area contributed by atoms with Crippen LogP contribution < -0.4 is 5.73 Å². The summed E-state index contributed by atoms with van der Waals surface area (Å²) in [5, 5.41) is 0. The van der Waals surface area contributed by atoms with Crippen molar-refractivity contribution in [3.63, 3.8) is 0 Å². The molecule has 0 spiro atoms. The predicted molar refractivity (Wildman–Crippen MR) is 62.3 cm³/mol. The molecule has 1 amide bonds. The van der Waals surface area contributed by atoms with E-state index in [0.29, 0.717) is 11.8 Å². The van der Waals surface area contributed by atoms with Crippen LogP contribution in [-0.4, -0.2) is 29.9 Å². The average molecular weight is 212 g/mol. The quantitative estimate of drug-likeness (QED) is 0.753. The zero-order chi connectivity index (χ0) is 11.6. The van der Waals surface area contributed by atoms with Crippen LogP contribution in [0.3, 0.4) is 0 Å². The molecular weight excluding hydrogens is 188 g/mol. The number of likely N-dealkylation sites (tertiary alicyclic amines) is 1. The van der Waals surface area contributed by atoms with Crippen LogP contribution in [0.5, 0.6) is 0 Å². The Labute approximate surface area is 93.0 Å². The topological polar surface area (TPSA) is 46.3 Å². The molecule has 0 radical (unpaired) electrons. The van der Waals surface area contributed by atoms with Crippen molar-refractivity contribution in [2.75, 3.05) is 13.1 Å². The summed E-state index contributed by atoms with van der Waals surface area (Å²) in [5.41, 5.74) is 5.89. The standard InChI is InChI=1S/C12H24N2O/c1-8(2)11(13)12(15)14-6-9(3)5-10(4)7-14/h8-11H,5-7,13H2,1-4H3/t9?,10?,11-/m1/s1. The van der Waals surface area contributed by atoms with Gasteiger partial charge in [-0.3, -0.25) is 4.79 Å². The first kappa shape index (κ1) is 12.5. The van der Waals surface area contributed by atoms with Crippen molar-refractivity contribution in [1.82, 2.24) is 4.90 Å². The van der Waals surface area contributed by atoms with Crippen molar-refractivity contribution in [2.45, 2.75) is 40.2 Å². The Kier molecular flexibility index (Phi) is 4.14. The molecule has 2 unspecified atom stereocenters. The lowest BCUT2D eigenvalue weighted by Crippen LogP contribution is -2.51. The second-order valence-electron chi connectivity index (χ2n) is 5.46. The summed E-state index contributed by atoms with van der Waals surface area (Å²) in [6.07, 6.45) is 1.22. The number of hydrogen-bond donors (Lipinski definition) is 1. The van der Waals surface area contributed by atoms with Crippen molar-refractivity contribution in [1.29, 1.82) is 0 Å². The fourth-order valence-corrected chi connectivity index (χ4v) is 2.34. The van der Waals surface area contributed by atoms with E-state index in [1.165, 1.54) is 6.42 Å². The number of nitrogens with zero attached hydrogens (tertiary/aromatic N) is 1. The minimum Gasteiger partial charge on any atom is -0.341 e. The first-order chi connectivity index (χ1) is 6.91. The third-order valence-electron chi connectivity index (χ3n) is 3.18. The van der Waals surface area contributed by atoms with Crippen LogP contribution in [0.2, 0.25) is 0 Å². The van der Waals surface area contributed by atoms with Crippen LogP contribution in [0.4, 0.5) is 0 Å². The molecule has 0 saturated carbocycles. The lowest BCUT2D eigenvalue weighted by atomic mass is 9.91. The molecule has 3 atom stereocenters. The molecule has 1 rings (SSSR count). The Hall–Kier alpha value is -0.570. The van der Waals surface area contributed by atoms with Crippen molar-refractivity contribution >= 4 is 5.91 Å². The number of rotatable bonds is 2. The van der Waals surface area contributed by atoms with Crippen LogP contribution in [0.15, 0.2) is 0 Å². The van der Waals surface area contributed by atoms with Gasteiger partial charge in [0.2, 0.25) is 5.91 Å². The highest BCUT2D eigenvalue weighted by Crippen LogP contribution is 2.21. The first-order valence-electron chi connectivity index (χ1n) is 5.96. The summed E-state index contributed by atoms with van der Waals surface area (Å²) in [6.45, 7) is 10.2. The van der Waals surface area contributed by atoms with Gasteiger partial charge >= 0.3 is 0 Å². The highest BCUT2D eigenvalue weighted by atomic mass is 16.2. The molecule has 1 aliphatic rings. The van der Waals surface area contributed by atoms with E-state index < -0.39 is 0 Å². The zero-order valence-corrected chi connectivity index (χ0v) is 10.4. The van der Waals surface area contributed by atoms with E-state index in [1.807, 2.05) is 18.7 Å². The van der Waals surface area contributed by atoms with E-state index in [9.17, 15) is 4.79 Å². The van der Waals surface area contributed by atoms with Gasteiger partial charge in [-0.1, -0.05) is 27.7 Å². The Balaban J connectivity index is 2.59. The molecule has 0 aromatic heterocycles. The SMILES string of the molecule is CC1CC(C)CN(C(=O)[C@H](N)C(C)C)C1. The van der Waals surface area contributed by atoms with Crippen molar-refractivity contribution in [3.05, 3.63) is 0 Å². The molecule has 0 aromatic rings. The van der Waals surface area contributed by atoms with E-state index in [0.717, 1.165) is 13.1 Å². The van der Waals surface area contributed by atoms with Gasteiger partial charge in [0.15, 0.2) is 0 Å². The lowest BCUT2D eigenvalue weighted by molar-refractivity contribution is -0.136. The Morgan fingerprint density at radius 1 is 1.27 bits per heavy atom. The number of carbonyl (C=O) groups excluding carboxylic acids is 1. The molecule has 0 aliphatic carbocycles. The molecule has 1 heterocycles. The summed E-state index contributed by atoms with van der Waals surface area (Å²) >= 11 is 0. The van der Waals surface area contributed by atoms with Gasteiger partial charge in [0.1, 0.15) is 0 Å². The summed E-state index contributed by atoms with van der Waals surface area (Å²) in [4.78, 5) is 14.0. The average Bonchev–Trinajstić information content (AvgIpc) is 2.13. The summed E-state index contributed by atoms with van der Waals surface area (Å²) in [5.74, 6) is 1.57. The van der Waals surface area contributed by atoms with Gasteiger partial charge in [0.25, 0.3) is 0 Å². The van der Waals surface area contributed by atoms with Gasteiger partial charge in [-0.25, -0.2) is 0 Å². The van der Waals surface area contributed by atoms with Gasteiger partial charge in [0.05, 0.1) is 6.04 Å². The fraction of sp³-hybridized carbons (Fsp3) is 0.917. The normalized spacial score (nSPS) is 29.3. The molecule has 3 nitrogen and oxygen atoms in total. The first-order valence-corrected chi connectivity index (χ1v) is 5.96. The van der Waals surface area contributed by atoms with Crippen LogP contribution in [0, 0.1) is 17.8 Å². The second kappa shape index (κ2) is 4.97. The maximum Gasteiger partial charge on any atom is 0.239 e. The highest BCUT2D eigenvalue weighted by Gasteiger charge is 2.29. The highest BCUT2D eigenvalue weighted by molar-refractivity contribution is 5.82. The number of nitrogens with two attached hydrogens (primary N) is 1. The summed E-state index contributed by atoms with van der Waals surface area (Å²) in [7, 11) is 0. The molecule has 1 aliphatic heterocycles. The van der Waals surface area contributed by atoms with E-state index in [4.69, 9.17) is 5.73 Å². The Morgan fingerprint density at radius 2 is 1.73 bits per heavy atom. The largest absolute Gasteiger partial charge is 0.341 e. The lowest BCUT2D eigenvalue weighted by Gasteiger charge is -2.36. The molecule has 0 bridgehead atoms. The van der Waals surface area contributed by atoms with Gasteiger partial charge in [-0.2, -0.15) is 0 Å². The third kappa shape index (κ3) is 3.20. The van der Waals surface area contributed by atoms with Crippen molar-refractivity contribution < 1.29 is 4.79 Å². The van der Waals surface area contributed by atoms with Crippen LogP contribution in [-0.2, 0) is 4.79 Å². The Bertz CT molecular complexity index is 218. The minimum atomic E-state index is -0.331. The number of piperidine rings is 1. The Morgan fingerprint density at radius 3 is 2.13 bits per heavy atom. The molecule has 2 N–H and O–H groups in total. The number of amides is 1. The van der Waals surface area contributed by atoms with E-state index in [1.54, 1.807) is 0 Å². The molecule has 3 heteroatoms. The van der Waals surface area contributed by atoms with E-state index in [2.05, 4.69) is 13.8 Å². The third-order valence-corrected chi connectivity index (χ3v) is 3.18. The summed E-state index contributed by atoms with van der Waals surface area (Å²) in [6, 6.07) is -0.331. The van der Waals surface area contributed by atoms with Crippen LogP contribution in [0.25, 0.3) is 0 Å². The zero-order valence-electron chi connectivity index (χ0n) is 10.4. The number of carbonyl (C=O) groups is 1. The number of hydrogen-bond acceptors (Lipinski definition) is 2. The van der Waals surface area contributed by atoms with Gasteiger partial charge in [-0.05, 0) is 24.2 Å². The second-order valence-corrected chi connectivity index (χ2v) is 5.46. The molecule has 0 aromatic carbocycles. The predicted octanol–water partition coefficient (Wildman–Crippen LogP) is 1.47. The molecule has 1 fully saturated rings. The van der Waals surface area contributed by atoms with Gasteiger partial charge in [-0.15, -0.1) is 0 Å². The summed E-state index contributed by atoms with van der Waals surface area (Å²) < 4.78 is 0. The smallest absolute Gasteiger partial charge is 0.239 e. The maximum absolute atomic E-state index is 12.0. The van der Waals surface area contributed by atoms with E-state index in [-0.39, 0.29) is 17.9 Å². The molecule has 88 valence electrons. The van der Waals surface area contributed by atoms with Crippen LogP contribution >= 0.6 is 0 Å². The van der Waals surface area contributed by atoms with Gasteiger partial charge < -0.3 is 10.6 Å². The van der Waals surface area contributed by atoms with Gasteiger partial charge in [0, 0.05) is 13.1 Å². The molecule has 15 heavy (non-hydrogen) atoms. The van der Waals surface area contributed by atoms with Crippen LogP contribution in [0.1, 0.15) is 34.1 Å². The molecule has 1 saturated heterocycles. The molecular formula is C12H24N2O. The van der Waals surface area contributed by atoms with Crippen molar-refractivity contribution in [2.24, 2.45) is 23.5 Å².